The molecule has 0 amide bonds. The van der Waals surface area contributed by atoms with Crippen LogP contribution in [0, 0.1) is 5.92 Å². The molecule has 1 nitrogen and oxygen atoms in total. The number of aryl methyl sites for hydroxylation is 1. The first-order valence-corrected chi connectivity index (χ1v) is 9.65. The van der Waals surface area contributed by atoms with Crippen LogP contribution in [0.4, 0.5) is 0 Å². The minimum atomic E-state index is 0.755. The summed E-state index contributed by atoms with van der Waals surface area (Å²) in [5, 5.41) is 0. The molecule has 0 saturated heterocycles. The monoisotopic (exact) mass is 314 g/mol. The predicted octanol–water partition coefficient (Wildman–Crippen LogP) is 6.67. The van der Waals surface area contributed by atoms with Gasteiger partial charge in [-0.05, 0) is 80.4 Å². The fourth-order valence-electron chi connectivity index (χ4n) is 3.81. The van der Waals surface area contributed by atoms with E-state index in [1.165, 1.54) is 50.5 Å². The van der Waals surface area contributed by atoms with Gasteiger partial charge in [0.15, 0.2) is 0 Å². The van der Waals surface area contributed by atoms with E-state index < -0.39 is 0 Å². The summed E-state index contributed by atoms with van der Waals surface area (Å²) in [6.07, 6.45) is 13.4. The van der Waals surface area contributed by atoms with Crippen molar-refractivity contribution in [1.82, 2.24) is 0 Å². The first-order valence-electron chi connectivity index (χ1n) is 9.65. The van der Waals surface area contributed by atoms with Gasteiger partial charge in [0.1, 0.15) is 5.75 Å². The molecule has 0 N–H and O–H groups in total. The summed E-state index contributed by atoms with van der Waals surface area (Å²) in [4.78, 5) is 0. The molecule has 0 heterocycles. The molecular formula is C22H34O. The van der Waals surface area contributed by atoms with Gasteiger partial charge in [-0.1, -0.05) is 38.5 Å². The first-order chi connectivity index (χ1) is 11.3. The normalized spacial score (nSPS) is 21.1. The van der Waals surface area contributed by atoms with Crippen molar-refractivity contribution in [1.29, 1.82) is 0 Å². The molecule has 1 aromatic carbocycles. The quantitative estimate of drug-likeness (QED) is 0.463. The molecule has 1 saturated carbocycles. The summed E-state index contributed by atoms with van der Waals surface area (Å²) in [6, 6.07) is 6.97. The second-order valence-corrected chi connectivity index (χ2v) is 7.05. The Hall–Kier alpha value is -1.24. The smallest absolute Gasteiger partial charge is 0.122 e. The Morgan fingerprint density at radius 3 is 2.57 bits per heavy atom. The van der Waals surface area contributed by atoms with E-state index in [9.17, 15) is 0 Å². The van der Waals surface area contributed by atoms with Crippen LogP contribution in [0.3, 0.4) is 0 Å². The second kappa shape index (κ2) is 9.80. The van der Waals surface area contributed by atoms with Crippen molar-refractivity contribution in [2.24, 2.45) is 5.92 Å². The lowest BCUT2D eigenvalue weighted by molar-refractivity contribution is 0.308. The van der Waals surface area contributed by atoms with Crippen molar-refractivity contribution < 1.29 is 4.74 Å². The van der Waals surface area contributed by atoms with E-state index in [0.29, 0.717) is 0 Å². The molecule has 0 atom stereocenters. The van der Waals surface area contributed by atoms with Crippen LogP contribution in [0.5, 0.6) is 5.75 Å². The van der Waals surface area contributed by atoms with E-state index >= 15 is 0 Å². The lowest BCUT2D eigenvalue weighted by Gasteiger charge is -2.29. The van der Waals surface area contributed by atoms with Gasteiger partial charge >= 0.3 is 0 Å². The fourth-order valence-corrected chi connectivity index (χ4v) is 3.81. The van der Waals surface area contributed by atoms with Gasteiger partial charge in [0.2, 0.25) is 0 Å². The van der Waals surface area contributed by atoms with E-state index in [1.54, 1.807) is 5.56 Å². The molecule has 1 aromatic rings. The highest BCUT2D eigenvalue weighted by Crippen LogP contribution is 2.38. The van der Waals surface area contributed by atoms with Gasteiger partial charge in [-0.2, -0.15) is 0 Å². The molecule has 23 heavy (non-hydrogen) atoms. The Morgan fingerprint density at radius 2 is 1.91 bits per heavy atom. The van der Waals surface area contributed by atoms with Gasteiger partial charge in [0, 0.05) is 0 Å². The van der Waals surface area contributed by atoms with Crippen LogP contribution in [0.25, 0.3) is 0 Å². The number of rotatable bonds is 9. The van der Waals surface area contributed by atoms with Gasteiger partial charge in [-0.25, -0.2) is 0 Å². The number of hydrogen-bond donors (Lipinski definition) is 0. The van der Waals surface area contributed by atoms with E-state index in [4.69, 9.17) is 4.74 Å². The summed E-state index contributed by atoms with van der Waals surface area (Å²) >= 11 is 0. The zero-order valence-electron chi connectivity index (χ0n) is 15.2. The van der Waals surface area contributed by atoms with Crippen molar-refractivity contribution in [2.75, 3.05) is 6.61 Å². The topological polar surface area (TPSA) is 9.23 Å². The summed E-state index contributed by atoms with van der Waals surface area (Å²) in [7, 11) is 0. The third kappa shape index (κ3) is 5.41. The zero-order valence-corrected chi connectivity index (χ0v) is 15.2. The average Bonchev–Trinajstić information content (AvgIpc) is 2.59. The van der Waals surface area contributed by atoms with Crippen molar-refractivity contribution in [3.05, 3.63) is 42.0 Å². The maximum absolute atomic E-state index is 5.93. The standard InChI is InChI=1S/C22H34O/c1-4-7-9-18-10-12-19(13-11-18)20-14-15-22(23-16-6-3)21(17-20)8-5-2/h4,14-15,17-19H,1,5-13,16H2,2-3H3/t18-,19-. The number of benzene rings is 1. The molecule has 0 spiro atoms. The van der Waals surface area contributed by atoms with Crippen LogP contribution in [0.1, 0.15) is 82.3 Å². The first kappa shape index (κ1) is 18.1. The van der Waals surface area contributed by atoms with E-state index in [-0.39, 0.29) is 0 Å². The molecule has 0 radical (unpaired) electrons. The molecule has 1 heteroatoms. The molecule has 1 aliphatic rings. The zero-order chi connectivity index (χ0) is 16.5. The van der Waals surface area contributed by atoms with Crippen LogP contribution < -0.4 is 4.74 Å². The molecule has 2 rings (SSSR count). The highest BCUT2D eigenvalue weighted by Gasteiger charge is 2.22. The summed E-state index contributed by atoms with van der Waals surface area (Å²) in [5.41, 5.74) is 2.95. The third-order valence-electron chi connectivity index (χ3n) is 5.16. The van der Waals surface area contributed by atoms with E-state index in [2.05, 4.69) is 44.7 Å². The Balaban J connectivity index is 1.99. The second-order valence-electron chi connectivity index (χ2n) is 7.05. The van der Waals surface area contributed by atoms with Crippen molar-refractivity contribution in [3.8, 4) is 5.75 Å². The molecular weight excluding hydrogens is 280 g/mol. The summed E-state index contributed by atoms with van der Waals surface area (Å²) in [6.45, 7) is 9.09. The average molecular weight is 315 g/mol. The van der Waals surface area contributed by atoms with Crippen LogP contribution in [0.15, 0.2) is 30.9 Å². The summed E-state index contributed by atoms with van der Waals surface area (Å²) < 4.78 is 5.93. The van der Waals surface area contributed by atoms with Gasteiger partial charge in [0.05, 0.1) is 6.61 Å². The Morgan fingerprint density at radius 1 is 1.13 bits per heavy atom. The lowest BCUT2D eigenvalue weighted by Crippen LogP contribution is -2.13. The van der Waals surface area contributed by atoms with Crippen LogP contribution in [0.2, 0.25) is 0 Å². The number of hydrogen-bond acceptors (Lipinski definition) is 1. The summed E-state index contributed by atoms with van der Waals surface area (Å²) in [5.74, 6) is 2.79. The van der Waals surface area contributed by atoms with Crippen LogP contribution in [-0.2, 0) is 6.42 Å². The Bertz CT molecular complexity index is 469. The van der Waals surface area contributed by atoms with Crippen molar-refractivity contribution >= 4 is 0 Å². The molecule has 0 aliphatic heterocycles. The van der Waals surface area contributed by atoms with E-state index in [0.717, 1.165) is 37.0 Å². The Kier molecular flexibility index (Phi) is 7.71. The predicted molar refractivity (Wildman–Crippen MR) is 100 cm³/mol. The molecule has 0 unspecified atom stereocenters. The highest BCUT2D eigenvalue weighted by atomic mass is 16.5. The van der Waals surface area contributed by atoms with Gasteiger partial charge in [0.25, 0.3) is 0 Å². The van der Waals surface area contributed by atoms with Gasteiger partial charge in [-0.3, -0.25) is 0 Å². The van der Waals surface area contributed by atoms with Crippen LogP contribution in [-0.4, -0.2) is 6.61 Å². The SMILES string of the molecule is C=CCC[C@H]1CC[C@H](c2ccc(OCCC)c(CCC)c2)CC1. The van der Waals surface area contributed by atoms with Gasteiger partial charge < -0.3 is 4.74 Å². The fraction of sp³-hybridized carbons (Fsp3) is 0.636. The van der Waals surface area contributed by atoms with E-state index in [1.807, 2.05) is 0 Å². The highest BCUT2D eigenvalue weighted by molar-refractivity contribution is 5.39. The number of allylic oxidation sites excluding steroid dienone is 1. The largest absolute Gasteiger partial charge is 0.493 e. The molecule has 1 aliphatic carbocycles. The van der Waals surface area contributed by atoms with Crippen LogP contribution >= 0.6 is 0 Å². The molecule has 0 bridgehead atoms. The maximum Gasteiger partial charge on any atom is 0.122 e. The van der Waals surface area contributed by atoms with Gasteiger partial charge in [-0.15, -0.1) is 6.58 Å². The van der Waals surface area contributed by atoms with Crippen molar-refractivity contribution in [3.63, 3.8) is 0 Å². The number of ether oxygens (including phenoxy) is 1. The molecule has 0 aromatic heterocycles. The third-order valence-corrected chi connectivity index (χ3v) is 5.16. The lowest BCUT2D eigenvalue weighted by atomic mass is 9.77. The minimum absolute atomic E-state index is 0.755. The molecule has 128 valence electrons. The maximum atomic E-state index is 5.93. The Labute approximate surface area is 143 Å². The minimum Gasteiger partial charge on any atom is -0.493 e. The van der Waals surface area contributed by atoms with Crippen molar-refractivity contribution in [2.45, 2.75) is 77.6 Å². The molecule has 1 fully saturated rings.